The van der Waals surface area contributed by atoms with Crippen LogP contribution in [0.2, 0.25) is 0 Å². The largest absolute Gasteiger partial charge is 0.337 e. The summed E-state index contributed by atoms with van der Waals surface area (Å²) < 4.78 is 1.81. The van der Waals surface area contributed by atoms with E-state index >= 15 is 0 Å². The number of aromatic nitrogens is 3. The highest BCUT2D eigenvalue weighted by Crippen LogP contribution is 2.20. The molecule has 2 heterocycles. The Labute approximate surface area is 132 Å². The van der Waals surface area contributed by atoms with Gasteiger partial charge in [0, 0.05) is 33.2 Å². The van der Waals surface area contributed by atoms with Crippen molar-refractivity contribution in [2.45, 2.75) is 33.2 Å². The van der Waals surface area contributed by atoms with Crippen LogP contribution in [0.1, 0.15) is 39.1 Å². The zero-order chi connectivity index (χ0) is 16.1. The molecular weight excluding hydrogens is 280 g/mol. The Bertz CT molecular complexity index is 478. The fourth-order valence-electron chi connectivity index (χ4n) is 3.30. The average Bonchev–Trinajstić information content (AvgIpc) is 2.83. The summed E-state index contributed by atoms with van der Waals surface area (Å²) in [6, 6.07) is -0.323. The second-order valence-electron chi connectivity index (χ2n) is 6.63. The Balaban J connectivity index is 1.68. The Hall–Kier alpha value is -1.63. The van der Waals surface area contributed by atoms with E-state index in [-0.39, 0.29) is 12.1 Å². The van der Waals surface area contributed by atoms with Crippen LogP contribution in [0.15, 0.2) is 6.33 Å². The van der Waals surface area contributed by atoms with Gasteiger partial charge in [-0.05, 0) is 25.2 Å². The number of carbonyl (C=O) groups is 1. The van der Waals surface area contributed by atoms with Gasteiger partial charge in [-0.3, -0.25) is 0 Å². The third kappa shape index (κ3) is 4.69. The van der Waals surface area contributed by atoms with Crippen molar-refractivity contribution in [3.05, 3.63) is 12.2 Å². The first-order valence-electron chi connectivity index (χ1n) is 8.06. The van der Waals surface area contributed by atoms with Gasteiger partial charge in [0.15, 0.2) is 5.82 Å². The van der Waals surface area contributed by atoms with E-state index in [2.05, 4.69) is 39.6 Å². The molecule has 0 aliphatic carbocycles. The van der Waals surface area contributed by atoms with Crippen LogP contribution in [0, 0.1) is 11.8 Å². The lowest BCUT2D eigenvalue weighted by molar-refractivity contribution is 0.142. The number of nitrogens with one attached hydrogen (secondary N) is 2. The van der Waals surface area contributed by atoms with Crippen molar-refractivity contribution in [2.75, 3.05) is 26.2 Å². The molecule has 0 spiro atoms. The maximum Gasteiger partial charge on any atom is 0.315 e. The van der Waals surface area contributed by atoms with Gasteiger partial charge in [0.1, 0.15) is 6.33 Å². The molecular formula is C15H28N6O. The number of amides is 2. The number of carbonyl (C=O) groups excluding carboxylic acids is 1. The molecule has 2 rings (SSSR count). The minimum Gasteiger partial charge on any atom is -0.337 e. The third-order valence-corrected chi connectivity index (χ3v) is 4.14. The predicted octanol–water partition coefficient (Wildman–Crippen LogP) is 1.15. The minimum absolute atomic E-state index is 0.159. The fraction of sp³-hybridized carbons (Fsp3) is 0.800. The normalized spacial score (nSPS) is 24.0. The first kappa shape index (κ1) is 16.7. The Morgan fingerprint density at radius 3 is 2.68 bits per heavy atom. The summed E-state index contributed by atoms with van der Waals surface area (Å²) in [5.41, 5.74) is 0. The molecule has 1 aromatic heterocycles. The number of piperidine rings is 1. The summed E-state index contributed by atoms with van der Waals surface area (Å²) in [6.07, 6.45) is 2.93. The highest BCUT2D eigenvalue weighted by atomic mass is 16.2. The fourth-order valence-corrected chi connectivity index (χ4v) is 3.30. The van der Waals surface area contributed by atoms with Gasteiger partial charge in [-0.1, -0.05) is 13.8 Å². The molecule has 124 valence electrons. The summed E-state index contributed by atoms with van der Waals surface area (Å²) in [5, 5.41) is 13.6. The van der Waals surface area contributed by atoms with E-state index in [1.807, 2.05) is 14.0 Å². The van der Waals surface area contributed by atoms with E-state index in [4.69, 9.17) is 0 Å². The number of urea groups is 1. The molecule has 7 nitrogen and oxygen atoms in total. The summed E-state index contributed by atoms with van der Waals surface area (Å²) >= 11 is 0. The van der Waals surface area contributed by atoms with Crippen molar-refractivity contribution >= 4 is 6.03 Å². The second-order valence-corrected chi connectivity index (χ2v) is 6.63. The van der Waals surface area contributed by atoms with E-state index in [1.165, 1.54) is 6.42 Å². The molecule has 7 heteroatoms. The minimum atomic E-state index is -0.164. The monoisotopic (exact) mass is 308 g/mol. The van der Waals surface area contributed by atoms with E-state index < -0.39 is 0 Å². The molecule has 1 aromatic rings. The molecule has 1 saturated heterocycles. The summed E-state index contributed by atoms with van der Waals surface area (Å²) in [7, 11) is 1.87. The van der Waals surface area contributed by atoms with Gasteiger partial charge in [-0.15, -0.1) is 10.2 Å². The van der Waals surface area contributed by atoms with Crippen LogP contribution < -0.4 is 10.6 Å². The molecule has 22 heavy (non-hydrogen) atoms. The SMILES string of the molecule is C[C@@H]1C[C@@H](C)CN(CCNC(=O)N[C@H](C)c2nncn2C)C1. The summed E-state index contributed by atoms with van der Waals surface area (Å²) in [6.45, 7) is 10.3. The number of rotatable bonds is 5. The highest BCUT2D eigenvalue weighted by molar-refractivity contribution is 5.74. The average molecular weight is 308 g/mol. The van der Waals surface area contributed by atoms with Crippen LogP contribution in [0.4, 0.5) is 4.79 Å². The number of nitrogens with zero attached hydrogens (tertiary/aromatic N) is 4. The van der Waals surface area contributed by atoms with E-state index in [1.54, 1.807) is 10.9 Å². The lowest BCUT2D eigenvalue weighted by Crippen LogP contribution is -2.45. The summed E-state index contributed by atoms with van der Waals surface area (Å²) in [5.74, 6) is 2.23. The van der Waals surface area contributed by atoms with Crippen LogP contribution in [-0.2, 0) is 7.05 Å². The highest BCUT2D eigenvalue weighted by Gasteiger charge is 2.21. The number of aryl methyl sites for hydroxylation is 1. The predicted molar refractivity (Wildman–Crippen MR) is 85.3 cm³/mol. The zero-order valence-corrected chi connectivity index (χ0v) is 14.0. The zero-order valence-electron chi connectivity index (χ0n) is 14.0. The molecule has 2 amide bonds. The molecule has 0 saturated carbocycles. The maximum absolute atomic E-state index is 11.9. The van der Waals surface area contributed by atoms with Crippen molar-refractivity contribution < 1.29 is 4.79 Å². The summed E-state index contributed by atoms with van der Waals surface area (Å²) in [4.78, 5) is 14.4. The van der Waals surface area contributed by atoms with E-state index in [9.17, 15) is 4.79 Å². The van der Waals surface area contributed by atoms with Gasteiger partial charge < -0.3 is 20.1 Å². The van der Waals surface area contributed by atoms with Crippen LogP contribution in [0.3, 0.4) is 0 Å². The first-order chi connectivity index (χ1) is 10.5. The smallest absolute Gasteiger partial charge is 0.315 e. The van der Waals surface area contributed by atoms with Gasteiger partial charge >= 0.3 is 6.03 Å². The van der Waals surface area contributed by atoms with Gasteiger partial charge in [-0.2, -0.15) is 0 Å². The number of hydrogen-bond acceptors (Lipinski definition) is 4. The second kappa shape index (κ2) is 7.58. The molecule has 1 aliphatic heterocycles. The molecule has 1 aliphatic rings. The molecule has 3 atom stereocenters. The van der Waals surface area contributed by atoms with Crippen molar-refractivity contribution in [1.82, 2.24) is 30.3 Å². The Morgan fingerprint density at radius 2 is 2.09 bits per heavy atom. The lowest BCUT2D eigenvalue weighted by Gasteiger charge is -2.34. The van der Waals surface area contributed by atoms with Crippen molar-refractivity contribution in [2.24, 2.45) is 18.9 Å². The van der Waals surface area contributed by atoms with Gasteiger partial charge in [-0.25, -0.2) is 4.79 Å². The number of hydrogen-bond donors (Lipinski definition) is 2. The third-order valence-electron chi connectivity index (χ3n) is 4.14. The molecule has 0 unspecified atom stereocenters. The van der Waals surface area contributed by atoms with E-state index in [0.717, 1.165) is 37.3 Å². The van der Waals surface area contributed by atoms with Gasteiger partial charge in [0.25, 0.3) is 0 Å². The van der Waals surface area contributed by atoms with Crippen molar-refractivity contribution in [3.63, 3.8) is 0 Å². The van der Waals surface area contributed by atoms with Crippen LogP contribution >= 0.6 is 0 Å². The Morgan fingerprint density at radius 1 is 1.41 bits per heavy atom. The first-order valence-corrected chi connectivity index (χ1v) is 8.06. The molecule has 0 aromatic carbocycles. The lowest BCUT2D eigenvalue weighted by atomic mass is 9.92. The van der Waals surface area contributed by atoms with Crippen molar-refractivity contribution in [3.8, 4) is 0 Å². The Kier molecular flexibility index (Phi) is 5.76. The quantitative estimate of drug-likeness (QED) is 0.856. The molecule has 0 bridgehead atoms. The standard InChI is InChI=1S/C15H28N6O/c1-11-7-12(2)9-21(8-11)6-5-16-15(22)18-13(3)14-19-17-10-20(14)4/h10-13H,5-9H2,1-4H3,(H2,16,18,22)/t11-,12-,13-/m1/s1. The van der Waals surface area contributed by atoms with Gasteiger partial charge in [0.2, 0.25) is 0 Å². The van der Waals surface area contributed by atoms with E-state index in [0.29, 0.717) is 6.54 Å². The maximum atomic E-state index is 11.9. The molecule has 2 N–H and O–H groups in total. The molecule has 0 radical (unpaired) electrons. The van der Waals surface area contributed by atoms with Crippen LogP contribution in [0.25, 0.3) is 0 Å². The number of likely N-dealkylation sites (tertiary alicyclic amines) is 1. The van der Waals surface area contributed by atoms with Crippen LogP contribution in [-0.4, -0.2) is 51.9 Å². The van der Waals surface area contributed by atoms with Crippen molar-refractivity contribution in [1.29, 1.82) is 0 Å². The molecule has 1 fully saturated rings. The van der Waals surface area contributed by atoms with Gasteiger partial charge in [0.05, 0.1) is 6.04 Å². The van der Waals surface area contributed by atoms with Crippen LogP contribution in [0.5, 0.6) is 0 Å². The topological polar surface area (TPSA) is 75.1 Å².